The predicted octanol–water partition coefficient (Wildman–Crippen LogP) is 0.0362. The van der Waals surface area contributed by atoms with Crippen LogP contribution in [0.25, 0.3) is 0 Å². The molecule has 2 rings (SSSR count). The fraction of sp³-hybridized carbons (Fsp3) is 0.556. The van der Waals surface area contributed by atoms with E-state index in [-0.39, 0.29) is 12.5 Å². The molecule has 0 radical (unpaired) electrons. The Morgan fingerprint density at radius 3 is 2.94 bits per heavy atom. The van der Waals surface area contributed by atoms with Gasteiger partial charge in [-0.2, -0.15) is 0 Å². The lowest BCUT2D eigenvalue weighted by molar-refractivity contribution is 0.0731. The summed E-state index contributed by atoms with van der Waals surface area (Å²) in [6.45, 7) is 0.748. The summed E-state index contributed by atoms with van der Waals surface area (Å²) in [6.07, 6.45) is 2.67. The monoisotopic (exact) mass is 275 g/mol. The van der Waals surface area contributed by atoms with Crippen LogP contribution in [0.2, 0.25) is 0 Å². The maximum Gasteiger partial charge on any atom is 0.265 e. The first-order chi connectivity index (χ1) is 7.98. The average molecular weight is 275 g/mol. The number of hydrogen-bond acceptors (Lipinski definition) is 5. The Hall–Kier alpha value is -0.990. The molecule has 1 saturated heterocycles. The number of rotatable bonds is 2. The van der Waals surface area contributed by atoms with Crippen molar-refractivity contribution in [3.63, 3.8) is 0 Å². The molecule has 1 amide bonds. The summed E-state index contributed by atoms with van der Waals surface area (Å²) in [6, 6.07) is 0. The summed E-state index contributed by atoms with van der Waals surface area (Å²) in [5.74, 6) is -0.166. The second kappa shape index (κ2) is 4.71. The molecule has 1 aliphatic rings. The van der Waals surface area contributed by atoms with Crippen LogP contribution in [0.3, 0.4) is 0 Å². The smallest absolute Gasteiger partial charge is 0.265 e. The van der Waals surface area contributed by atoms with Gasteiger partial charge in [-0.3, -0.25) is 9.78 Å². The Morgan fingerprint density at radius 2 is 2.35 bits per heavy atom. The van der Waals surface area contributed by atoms with Crippen molar-refractivity contribution in [2.75, 3.05) is 13.1 Å². The van der Waals surface area contributed by atoms with Crippen LogP contribution in [0.1, 0.15) is 22.5 Å². The number of nitrogens with zero attached hydrogens (tertiary/aromatic N) is 2. The maximum atomic E-state index is 12.0. The number of piperidine rings is 1. The van der Waals surface area contributed by atoms with Crippen molar-refractivity contribution < 1.29 is 13.2 Å². The molecule has 1 fully saturated rings. The van der Waals surface area contributed by atoms with Crippen molar-refractivity contribution in [1.82, 2.24) is 9.88 Å². The SMILES string of the molecule is NS(=O)(=O)C1CCCN(C(=O)c2cncs2)C1. The fourth-order valence-electron chi connectivity index (χ4n) is 1.87. The zero-order chi connectivity index (χ0) is 12.5. The molecule has 6 nitrogen and oxygen atoms in total. The fourth-order valence-corrected chi connectivity index (χ4v) is 3.34. The number of hydrogen-bond donors (Lipinski definition) is 1. The minimum absolute atomic E-state index is 0.166. The molecule has 8 heteroatoms. The second-order valence-corrected chi connectivity index (χ2v) is 6.70. The highest BCUT2D eigenvalue weighted by atomic mass is 32.2. The molecule has 0 spiro atoms. The maximum absolute atomic E-state index is 12.0. The number of carbonyl (C=O) groups is 1. The Labute approximate surface area is 103 Å². The van der Waals surface area contributed by atoms with Gasteiger partial charge in [-0.05, 0) is 12.8 Å². The summed E-state index contributed by atoms with van der Waals surface area (Å²) in [7, 11) is -3.57. The highest BCUT2D eigenvalue weighted by molar-refractivity contribution is 7.89. The summed E-state index contributed by atoms with van der Waals surface area (Å²) in [5, 5.41) is 4.47. The first-order valence-corrected chi connectivity index (χ1v) is 7.67. The van der Waals surface area contributed by atoms with Crippen LogP contribution in [-0.4, -0.2) is 42.5 Å². The molecule has 0 aliphatic carbocycles. The second-order valence-electron chi connectivity index (χ2n) is 3.97. The van der Waals surface area contributed by atoms with Crippen LogP contribution in [0, 0.1) is 0 Å². The van der Waals surface area contributed by atoms with Gasteiger partial charge in [0.15, 0.2) is 0 Å². The molecule has 17 heavy (non-hydrogen) atoms. The van der Waals surface area contributed by atoms with Gasteiger partial charge >= 0.3 is 0 Å². The summed E-state index contributed by atoms with van der Waals surface area (Å²) in [4.78, 5) is 17.9. The number of primary sulfonamides is 1. The van der Waals surface area contributed by atoms with Gasteiger partial charge in [0, 0.05) is 13.1 Å². The zero-order valence-corrected chi connectivity index (χ0v) is 10.7. The van der Waals surface area contributed by atoms with Gasteiger partial charge < -0.3 is 4.90 Å². The van der Waals surface area contributed by atoms with Crippen LogP contribution in [0.15, 0.2) is 11.7 Å². The topological polar surface area (TPSA) is 93.4 Å². The molecule has 1 aromatic rings. The number of nitrogens with two attached hydrogens (primary N) is 1. The van der Waals surface area contributed by atoms with E-state index in [1.807, 2.05) is 0 Å². The third kappa shape index (κ3) is 2.82. The predicted molar refractivity (Wildman–Crippen MR) is 64.1 cm³/mol. The first kappa shape index (κ1) is 12.5. The third-order valence-corrected chi connectivity index (χ3v) is 4.85. The highest BCUT2D eigenvalue weighted by Gasteiger charge is 2.31. The standard InChI is InChI=1S/C9H13N3O3S2/c10-17(14,15)7-2-1-3-12(5-7)9(13)8-4-11-6-16-8/h4,6-7H,1-3,5H2,(H2,10,14,15). The Kier molecular flexibility index (Phi) is 3.45. The quantitative estimate of drug-likeness (QED) is 0.824. The minimum Gasteiger partial charge on any atom is -0.337 e. The Morgan fingerprint density at radius 1 is 1.59 bits per heavy atom. The molecular weight excluding hydrogens is 262 g/mol. The molecule has 1 aliphatic heterocycles. The lowest BCUT2D eigenvalue weighted by Crippen LogP contribution is -2.46. The van der Waals surface area contributed by atoms with Gasteiger partial charge in [0.2, 0.25) is 10.0 Å². The lowest BCUT2D eigenvalue weighted by atomic mass is 10.1. The molecule has 1 aromatic heterocycles. The largest absolute Gasteiger partial charge is 0.337 e. The van der Waals surface area contributed by atoms with Crippen molar-refractivity contribution in [3.05, 3.63) is 16.6 Å². The summed E-state index contributed by atoms with van der Waals surface area (Å²) < 4.78 is 22.5. The van der Waals surface area contributed by atoms with E-state index in [9.17, 15) is 13.2 Å². The molecule has 0 saturated carbocycles. The van der Waals surface area contributed by atoms with Gasteiger partial charge in [-0.25, -0.2) is 13.6 Å². The van der Waals surface area contributed by atoms with Crippen molar-refractivity contribution in [1.29, 1.82) is 0 Å². The van der Waals surface area contributed by atoms with Gasteiger partial charge in [0.05, 0.1) is 17.0 Å². The van der Waals surface area contributed by atoms with Crippen LogP contribution < -0.4 is 5.14 Å². The van der Waals surface area contributed by atoms with E-state index in [0.717, 1.165) is 0 Å². The summed E-state index contributed by atoms with van der Waals surface area (Å²) >= 11 is 1.25. The van der Waals surface area contributed by atoms with E-state index in [2.05, 4.69) is 4.98 Å². The van der Waals surface area contributed by atoms with Crippen molar-refractivity contribution in [2.45, 2.75) is 18.1 Å². The zero-order valence-electron chi connectivity index (χ0n) is 9.07. The molecule has 0 aromatic carbocycles. The van der Waals surface area contributed by atoms with Crippen LogP contribution >= 0.6 is 11.3 Å². The molecule has 2 N–H and O–H groups in total. The van der Waals surface area contributed by atoms with E-state index in [1.54, 1.807) is 5.51 Å². The van der Waals surface area contributed by atoms with E-state index in [0.29, 0.717) is 24.3 Å². The highest BCUT2D eigenvalue weighted by Crippen LogP contribution is 2.18. The lowest BCUT2D eigenvalue weighted by Gasteiger charge is -2.31. The average Bonchev–Trinajstić information content (AvgIpc) is 2.80. The molecule has 1 atom stereocenters. The molecular formula is C9H13N3O3S2. The van der Waals surface area contributed by atoms with Gasteiger partial charge in [-0.15, -0.1) is 11.3 Å². The van der Waals surface area contributed by atoms with E-state index in [4.69, 9.17) is 5.14 Å². The van der Waals surface area contributed by atoms with Gasteiger partial charge in [0.1, 0.15) is 4.88 Å². The third-order valence-electron chi connectivity index (χ3n) is 2.77. The number of carbonyl (C=O) groups excluding carboxylic acids is 1. The molecule has 1 unspecified atom stereocenters. The van der Waals surface area contributed by atoms with Crippen LogP contribution in [-0.2, 0) is 10.0 Å². The van der Waals surface area contributed by atoms with Crippen molar-refractivity contribution in [3.8, 4) is 0 Å². The molecule has 2 heterocycles. The molecule has 0 bridgehead atoms. The number of amides is 1. The number of sulfonamides is 1. The summed E-state index contributed by atoms with van der Waals surface area (Å²) in [5.41, 5.74) is 1.58. The van der Waals surface area contributed by atoms with E-state index >= 15 is 0 Å². The minimum atomic E-state index is -3.57. The normalized spacial score (nSPS) is 21.5. The van der Waals surface area contributed by atoms with E-state index < -0.39 is 15.3 Å². The number of likely N-dealkylation sites (tertiary alicyclic amines) is 1. The first-order valence-electron chi connectivity index (χ1n) is 5.18. The van der Waals surface area contributed by atoms with Crippen molar-refractivity contribution >= 4 is 27.3 Å². The Bertz CT molecular complexity index is 498. The van der Waals surface area contributed by atoms with Gasteiger partial charge in [-0.1, -0.05) is 0 Å². The van der Waals surface area contributed by atoms with E-state index in [1.165, 1.54) is 22.4 Å². The number of thiazole rings is 1. The van der Waals surface area contributed by atoms with Gasteiger partial charge in [0.25, 0.3) is 5.91 Å². The Balaban J connectivity index is 2.10. The number of aromatic nitrogens is 1. The molecule has 94 valence electrons. The van der Waals surface area contributed by atoms with Crippen LogP contribution in [0.4, 0.5) is 0 Å². The van der Waals surface area contributed by atoms with Crippen LogP contribution in [0.5, 0.6) is 0 Å². The van der Waals surface area contributed by atoms with Crippen molar-refractivity contribution in [2.24, 2.45) is 5.14 Å².